The third kappa shape index (κ3) is 22.4. The second-order valence-electron chi connectivity index (χ2n) is 9.03. The zero-order chi connectivity index (χ0) is 33.0. The Morgan fingerprint density at radius 3 is 2.24 bits per heavy atom. The molecule has 1 aliphatic heterocycles. The number of methoxy groups -OCH3 is 2. The predicted octanol–water partition coefficient (Wildman–Crippen LogP) is 0.430. The summed E-state index contributed by atoms with van der Waals surface area (Å²) >= 11 is 0. The second-order valence-corrected chi connectivity index (χ2v) is 9.36. The van der Waals surface area contributed by atoms with Crippen LogP contribution in [0.5, 0.6) is 0 Å². The highest BCUT2D eigenvalue weighted by Crippen LogP contribution is 2.25. The maximum absolute atomic E-state index is 13.5. The zero-order valence-corrected chi connectivity index (χ0v) is 27.0. The number of aldehydes is 3. The third-order valence-corrected chi connectivity index (χ3v) is 5.66. The number of nitrogens with two attached hydrogens (primary N) is 1. The summed E-state index contributed by atoms with van der Waals surface area (Å²) in [5.41, 5.74) is 5.14. The van der Waals surface area contributed by atoms with Crippen LogP contribution in [0.3, 0.4) is 0 Å². The van der Waals surface area contributed by atoms with Crippen molar-refractivity contribution in [1.82, 2.24) is 15.1 Å². The van der Waals surface area contributed by atoms with Crippen LogP contribution < -0.4 is 11.1 Å². The number of amides is 1. The Hall–Kier alpha value is -2.23. The number of hydrogen-bond donors (Lipinski definition) is 3. The number of aliphatic hydroxyl groups excluding tert-OH is 1. The van der Waals surface area contributed by atoms with Gasteiger partial charge in [-0.05, 0) is 33.4 Å². The minimum Gasteiger partial charge on any atom is -0.394 e. The maximum atomic E-state index is 13.5. The predicted molar refractivity (Wildman–Crippen MR) is 161 cm³/mol. The van der Waals surface area contributed by atoms with E-state index in [-0.39, 0.29) is 37.2 Å². The Kier molecular flexibility index (Phi) is 30.4. The number of aliphatic hydroxyl groups is 1. The Morgan fingerprint density at radius 1 is 1.26 bits per heavy atom. The molecular formula is C26H51FN5O9P. The van der Waals surface area contributed by atoms with E-state index < -0.39 is 18.5 Å². The summed E-state index contributed by atoms with van der Waals surface area (Å²) in [6.45, 7) is 6.96. The molecule has 0 aromatic rings. The molecule has 1 rings (SSSR count). The maximum Gasteiger partial charge on any atom is 0.215 e. The SMILES string of the molecule is CCC(C=O)NC(C)(C)N(C)CCC=O.CN=C(N)/C=C\N(C=O)C1OC(CO)CC1F.COCC=O.COCOP. The van der Waals surface area contributed by atoms with Crippen molar-refractivity contribution >= 4 is 40.6 Å². The largest absolute Gasteiger partial charge is 0.394 e. The first-order chi connectivity index (χ1) is 19.9. The average Bonchev–Trinajstić information content (AvgIpc) is 3.36. The monoisotopic (exact) mass is 627 g/mol. The van der Waals surface area contributed by atoms with Crippen LogP contribution in [0.15, 0.2) is 17.3 Å². The van der Waals surface area contributed by atoms with Gasteiger partial charge >= 0.3 is 0 Å². The summed E-state index contributed by atoms with van der Waals surface area (Å²) in [7, 11) is 8.56. The van der Waals surface area contributed by atoms with Crippen molar-refractivity contribution in [2.75, 3.05) is 54.9 Å². The highest BCUT2D eigenvalue weighted by Gasteiger charge is 2.38. The fourth-order valence-corrected chi connectivity index (χ4v) is 3.09. The van der Waals surface area contributed by atoms with Gasteiger partial charge in [0.1, 0.15) is 44.3 Å². The van der Waals surface area contributed by atoms with Crippen LogP contribution in [-0.4, -0.2) is 131 Å². The van der Waals surface area contributed by atoms with Crippen molar-refractivity contribution in [3.63, 3.8) is 0 Å². The number of alkyl halides is 1. The lowest BCUT2D eigenvalue weighted by molar-refractivity contribution is -0.130. The first-order valence-corrected chi connectivity index (χ1v) is 13.5. The Morgan fingerprint density at radius 2 is 1.90 bits per heavy atom. The van der Waals surface area contributed by atoms with Crippen LogP contribution >= 0.6 is 9.47 Å². The van der Waals surface area contributed by atoms with Gasteiger partial charge in [-0.1, -0.05) is 6.92 Å². The standard InChI is InChI=1S/C11H22N2O2.C10H16FN3O3.C3H6O2.C2H7O2P/c1-5-10(9-15)12-11(2,3)13(4)7-6-8-14;1-13-9(12)2-3-14(6-16)10-8(11)4-7(5-15)17-10;1-5-3-2-4;1-3-2-4-5/h8-10,12H,5-7H2,1-4H3;2-3,6-8,10,15H,4-5H2,1H3,(H2,12,13);2H,3H2,1H3;2,5H2,1H3/b;3-2-;;. The van der Waals surface area contributed by atoms with Crippen LogP contribution in [0.1, 0.15) is 40.0 Å². The van der Waals surface area contributed by atoms with Gasteiger partial charge in [0.05, 0.1) is 24.4 Å². The number of nitrogens with zero attached hydrogens (tertiary/aromatic N) is 3. The number of nitrogens with one attached hydrogen (secondary N) is 1. The molecule has 1 aliphatic rings. The molecule has 0 bridgehead atoms. The van der Waals surface area contributed by atoms with Gasteiger partial charge in [-0.25, -0.2) is 4.39 Å². The van der Waals surface area contributed by atoms with Crippen LogP contribution in [0.25, 0.3) is 0 Å². The molecule has 4 N–H and O–H groups in total. The minimum absolute atomic E-state index is 0.0662. The molecule has 42 heavy (non-hydrogen) atoms. The quantitative estimate of drug-likeness (QED) is 0.0666. The summed E-state index contributed by atoms with van der Waals surface area (Å²) in [4.78, 5) is 47.8. The number of ether oxygens (including phenoxy) is 3. The third-order valence-electron chi connectivity index (χ3n) is 5.52. The van der Waals surface area contributed by atoms with E-state index in [0.29, 0.717) is 32.5 Å². The molecule has 5 atom stereocenters. The van der Waals surface area contributed by atoms with Gasteiger partial charge in [-0.3, -0.25) is 24.9 Å². The summed E-state index contributed by atoms with van der Waals surface area (Å²) in [5.74, 6) is 0.212. The molecule has 1 fully saturated rings. The highest BCUT2D eigenvalue weighted by atomic mass is 31.0. The van der Waals surface area contributed by atoms with E-state index in [1.165, 1.54) is 26.4 Å². The van der Waals surface area contributed by atoms with E-state index >= 15 is 0 Å². The molecule has 1 amide bonds. The molecular weight excluding hydrogens is 576 g/mol. The highest BCUT2D eigenvalue weighted by molar-refractivity contribution is 7.09. The van der Waals surface area contributed by atoms with Crippen molar-refractivity contribution in [2.45, 2.75) is 70.2 Å². The molecule has 246 valence electrons. The summed E-state index contributed by atoms with van der Waals surface area (Å²) in [5, 5.41) is 12.1. The van der Waals surface area contributed by atoms with Crippen LogP contribution in [0, 0.1) is 0 Å². The zero-order valence-electron chi connectivity index (χ0n) is 25.8. The second kappa shape index (κ2) is 28.9. The first-order valence-electron chi connectivity index (χ1n) is 13.1. The molecule has 1 heterocycles. The van der Waals surface area contributed by atoms with E-state index in [2.05, 4.69) is 33.8 Å². The van der Waals surface area contributed by atoms with Gasteiger partial charge in [-0.2, -0.15) is 0 Å². The molecule has 0 aromatic carbocycles. The molecule has 0 spiro atoms. The van der Waals surface area contributed by atoms with Gasteiger partial charge in [0.15, 0.2) is 6.23 Å². The van der Waals surface area contributed by atoms with E-state index in [1.54, 1.807) is 7.11 Å². The number of rotatable bonds is 17. The number of amidine groups is 1. The van der Waals surface area contributed by atoms with Gasteiger partial charge in [-0.15, -0.1) is 0 Å². The number of carbonyl (C=O) groups excluding carboxylic acids is 4. The fraction of sp³-hybridized carbons (Fsp3) is 0.731. The molecule has 5 unspecified atom stereocenters. The lowest BCUT2D eigenvalue weighted by Crippen LogP contribution is -2.57. The van der Waals surface area contributed by atoms with Crippen LogP contribution in [-0.2, 0) is 37.9 Å². The lowest BCUT2D eigenvalue weighted by Gasteiger charge is -2.38. The van der Waals surface area contributed by atoms with Gasteiger partial charge in [0.25, 0.3) is 0 Å². The fourth-order valence-electron chi connectivity index (χ4n) is 2.96. The molecule has 14 nitrogen and oxygen atoms in total. The van der Waals surface area contributed by atoms with Crippen molar-refractivity contribution in [2.24, 2.45) is 10.7 Å². The average molecular weight is 628 g/mol. The number of halogens is 1. The number of hydrogen-bond acceptors (Lipinski definition) is 12. The molecule has 0 saturated carbocycles. The summed E-state index contributed by atoms with van der Waals surface area (Å²) in [6.07, 6.45) is 4.07. The van der Waals surface area contributed by atoms with Gasteiger partial charge < -0.3 is 44.0 Å². The number of aliphatic imine (C=N–C) groups is 1. The van der Waals surface area contributed by atoms with Crippen molar-refractivity contribution in [3.05, 3.63) is 12.3 Å². The number of carbonyl (C=O) groups is 4. The van der Waals surface area contributed by atoms with Crippen LogP contribution in [0.4, 0.5) is 4.39 Å². The first kappa shape index (κ1) is 44.2. The van der Waals surface area contributed by atoms with E-state index in [1.807, 2.05) is 32.7 Å². The lowest BCUT2D eigenvalue weighted by atomic mass is 10.1. The Labute approximate surface area is 251 Å². The van der Waals surface area contributed by atoms with Gasteiger partial charge in [0, 0.05) is 56.3 Å². The Bertz CT molecular complexity index is 764. The van der Waals surface area contributed by atoms with Crippen LogP contribution in [0.2, 0.25) is 0 Å². The molecule has 0 aromatic heterocycles. The van der Waals surface area contributed by atoms with Gasteiger partial charge in [0.2, 0.25) is 6.41 Å². The molecule has 0 radical (unpaired) electrons. The molecule has 0 aliphatic carbocycles. The topological polar surface area (TPSA) is 182 Å². The van der Waals surface area contributed by atoms with E-state index in [0.717, 1.165) is 23.9 Å². The van der Waals surface area contributed by atoms with Crippen molar-refractivity contribution < 1.29 is 47.4 Å². The summed E-state index contributed by atoms with van der Waals surface area (Å²) < 4.78 is 31.9. The van der Waals surface area contributed by atoms with Crippen molar-refractivity contribution in [3.8, 4) is 0 Å². The van der Waals surface area contributed by atoms with E-state index in [4.69, 9.17) is 15.6 Å². The summed E-state index contributed by atoms with van der Waals surface area (Å²) in [6, 6.07) is -0.126. The smallest absolute Gasteiger partial charge is 0.215 e. The molecule has 1 saturated heterocycles. The van der Waals surface area contributed by atoms with Crippen molar-refractivity contribution in [1.29, 1.82) is 0 Å². The normalized spacial score (nSPS) is 18.9. The molecule has 16 heteroatoms. The van der Waals surface area contributed by atoms with E-state index in [9.17, 15) is 23.6 Å². The Balaban J connectivity index is -0.000000552. The minimum atomic E-state index is -1.33.